The van der Waals surface area contributed by atoms with E-state index in [1.54, 1.807) is 38.1 Å². The highest BCUT2D eigenvalue weighted by Gasteiger charge is 2.16. The minimum atomic E-state index is -0.389. The number of benzene rings is 1. The lowest BCUT2D eigenvalue weighted by Gasteiger charge is -2.21. The van der Waals surface area contributed by atoms with E-state index in [-0.39, 0.29) is 23.5 Å². The van der Waals surface area contributed by atoms with E-state index in [1.807, 2.05) is 0 Å². The van der Waals surface area contributed by atoms with Crippen molar-refractivity contribution in [2.75, 3.05) is 6.61 Å². The summed E-state index contributed by atoms with van der Waals surface area (Å²) in [6, 6.07) is 6.34. The average Bonchev–Trinajstić information content (AvgIpc) is 2.46. The molecule has 0 amide bonds. The maximum atomic E-state index is 11.9. The Labute approximate surface area is 132 Å². The molecule has 4 nitrogen and oxygen atoms in total. The highest BCUT2D eigenvalue weighted by molar-refractivity contribution is 5.93. The van der Waals surface area contributed by atoms with E-state index in [2.05, 4.69) is 20.8 Å². The van der Waals surface area contributed by atoms with E-state index in [0.29, 0.717) is 17.7 Å². The summed E-state index contributed by atoms with van der Waals surface area (Å²) in [5.41, 5.74) is 1.04. The summed E-state index contributed by atoms with van der Waals surface area (Å²) >= 11 is 0. The maximum Gasteiger partial charge on any atom is 0.338 e. The molecule has 0 aliphatic carbocycles. The van der Waals surface area contributed by atoms with E-state index in [4.69, 9.17) is 9.47 Å². The van der Waals surface area contributed by atoms with Crippen LogP contribution in [0.1, 0.15) is 68.2 Å². The minimum Gasteiger partial charge on any atom is -0.462 e. The molecule has 0 aliphatic rings. The molecule has 122 valence electrons. The number of esters is 2. The summed E-state index contributed by atoms with van der Waals surface area (Å²) < 4.78 is 10.4. The normalized spacial score (nSPS) is 11.4. The zero-order valence-electron chi connectivity index (χ0n) is 14.1. The molecule has 4 heteroatoms. The Morgan fingerprint density at radius 3 is 2.00 bits per heavy atom. The van der Waals surface area contributed by atoms with E-state index in [9.17, 15) is 9.59 Å². The molecule has 22 heavy (non-hydrogen) atoms. The quantitative estimate of drug-likeness (QED) is 0.707. The number of carbonyl (C=O) groups is 2. The average molecular weight is 306 g/mol. The Balaban J connectivity index is 2.55. The second kappa shape index (κ2) is 7.97. The van der Waals surface area contributed by atoms with Gasteiger partial charge in [0.1, 0.15) is 0 Å². The van der Waals surface area contributed by atoms with Crippen LogP contribution in [0.4, 0.5) is 0 Å². The number of hydrogen-bond acceptors (Lipinski definition) is 4. The van der Waals surface area contributed by atoms with Crippen molar-refractivity contribution in [3.8, 4) is 0 Å². The molecule has 0 N–H and O–H groups in total. The molecular formula is C18H26O4. The van der Waals surface area contributed by atoms with E-state index in [0.717, 1.165) is 12.8 Å². The van der Waals surface area contributed by atoms with Crippen LogP contribution in [-0.4, -0.2) is 24.6 Å². The van der Waals surface area contributed by atoms with Gasteiger partial charge >= 0.3 is 11.9 Å². The van der Waals surface area contributed by atoms with Gasteiger partial charge < -0.3 is 9.47 Å². The van der Waals surface area contributed by atoms with Gasteiger partial charge in [0.15, 0.2) is 0 Å². The van der Waals surface area contributed by atoms with Crippen molar-refractivity contribution in [1.29, 1.82) is 0 Å². The van der Waals surface area contributed by atoms with Crippen molar-refractivity contribution in [3.05, 3.63) is 35.4 Å². The van der Waals surface area contributed by atoms with Gasteiger partial charge in [-0.05, 0) is 49.9 Å². The summed E-state index contributed by atoms with van der Waals surface area (Å²) in [5, 5.41) is 0. The molecular weight excluding hydrogens is 280 g/mol. The van der Waals surface area contributed by atoms with Gasteiger partial charge in [0.05, 0.1) is 23.8 Å². The molecule has 0 saturated carbocycles. The second-order valence-electron chi connectivity index (χ2n) is 6.44. The molecule has 0 heterocycles. The monoisotopic (exact) mass is 306 g/mol. The predicted octanol–water partition coefficient (Wildman–Crippen LogP) is 4.23. The van der Waals surface area contributed by atoms with Crippen molar-refractivity contribution in [2.24, 2.45) is 5.41 Å². The molecule has 0 saturated heterocycles. The number of ether oxygens (including phenoxy) is 2. The van der Waals surface area contributed by atoms with Crippen LogP contribution in [0.3, 0.4) is 0 Å². The van der Waals surface area contributed by atoms with Gasteiger partial charge in [-0.1, -0.05) is 27.2 Å². The Kier molecular flexibility index (Phi) is 6.60. The molecule has 1 rings (SSSR count). The van der Waals surface area contributed by atoms with Crippen molar-refractivity contribution >= 4 is 11.9 Å². The largest absolute Gasteiger partial charge is 0.462 e. The Morgan fingerprint density at radius 1 is 1.05 bits per heavy atom. The van der Waals surface area contributed by atoms with Crippen molar-refractivity contribution in [3.63, 3.8) is 0 Å². The Bertz CT molecular complexity index is 500. The first kappa shape index (κ1) is 18.2. The summed E-state index contributed by atoms with van der Waals surface area (Å²) in [6.45, 7) is 10.4. The number of rotatable bonds is 7. The van der Waals surface area contributed by atoms with Crippen LogP contribution < -0.4 is 0 Å². The van der Waals surface area contributed by atoms with Crippen molar-refractivity contribution < 1.29 is 19.1 Å². The van der Waals surface area contributed by atoms with Crippen LogP contribution in [0, 0.1) is 5.41 Å². The third-order valence-electron chi connectivity index (χ3n) is 3.67. The highest BCUT2D eigenvalue weighted by Crippen LogP contribution is 2.24. The van der Waals surface area contributed by atoms with Crippen LogP contribution in [0.25, 0.3) is 0 Å². The lowest BCUT2D eigenvalue weighted by atomic mass is 9.87. The van der Waals surface area contributed by atoms with Crippen LogP contribution in [0.15, 0.2) is 24.3 Å². The molecule has 0 unspecified atom stereocenters. The van der Waals surface area contributed by atoms with Gasteiger partial charge in [0, 0.05) is 0 Å². The van der Waals surface area contributed by atoms with Crippen LogP contribution in [0.5, 0.6) is 0 Å². The zero-order valence-corrected chi connectivity index (χ0v) is 14.1. The molecule has 0 aliphatic heterocycles. The summed E-state index contributed by atoms with van der Waals surface area (Å²) in [6.07, 6.45) is 1.70. The van der Waals surface area contributed by atoms with Crippen LogP contribution in [0.2, 0.25) is 0 Å². The fourth-order valence-electron chi connectivity index (χ4n) is 1.70. The smallest absolute Gasteiger partial charge is 0.338 e. The predicted molar refractivity (Wildman–Crippen MR) is 86.0 cm³/mol. The van der Waals surface area contributed by atoms with Gasteiger partial charge in [-0.25, -0.2) is 9.59 Å². The molecule has 0 aromatic heterocycles. The lowest BCUT2D eigenvalue weighted by Crippen LogP contribution is -2.16. The first-order valence-corrected chi connectivity index (χ1v) is 7.73. The number of carbonyl (C=O) groups excluding carboxylic acids is 2. The Morgan fingerprint density at radius 2 is 1.55 bits per heavy atom. The van der Waals surface area contributed by atoms with Gasteiger partial charge in [-0.15, -0.1) is 0 Å². The van der Waals surface area contributed by atoms with Gasteiger partial charge in [0.25, 0.3) is 0 Å². The van der Waals surface area contributed by atoms with Crippen LogP contribution in [-0.2, 0) is 9.47 Å². The molecule has 1 aromatic carbocycles. The fourth-order valence-corrected chi connectivity index (χ4v) is 1.70. The Hall–Kier alpha value is -1.84. The van der Waals surface area contributed by atoms with E-state index in [1.165, 1.54) is 0 Å². The van der Waals surface area contributed by atoms with Crippen molar-refractivity contribution in [2.45, 2.75) is 53.6 Å². The van der Waals surface area contributed by atoms with E-state index >= 15 is 0 Å². The second-order valence-corrected chi connectivity index (χ2v) is 6.44. The first-order chi connectivity index (χ1) is 10.2. The lowest BCUT2D eigenvalue weighted by molar-refractivity contribution is 0.0375. The summed E-state index contributed by atoms with van der Waals surface area (Å²) in [4.78, 5) is 23.7. The summed E-state index contributed by atoms with van der Waals surface area (Å²) in [7, 11) is 0. The third-order valence-corrected chi connectivity index (χ3v) is 3.67. The standard InChI is InChI=1S/C18H26O4/c1-6-18(4,5)11-12-21-16(19)14-7-9-15(10-8-14)17(20)22-13(2)3/h7-10,13H,6,11-12H2,1-5H3. The molecule has 0 fully saturated rings. The van der Waals surface area contributed by atoms with Crippen LogP contribution >= 0.6 is 0 Å². The maximum absolute atomic E-state index is 11.9. The molecule has 1 aromatic rings. The zero-order chi connectivity index (χ0) is 16.8. The number of hydrogen-bond donors (Lipinski definition) is 0. The van der Waals surface area contributed by atoms with Gasteiger partial charge in [-0.3, -0.25) is 0 Å². The molecule has 0 spiro atoms. The third kappa shape index (κ3) is 5.88. The fraction of sp³-hybridized carbons (Fsp3) is 0.556. The van der Waals surface area contributed by atoms with Gasteiger partial charge in [0.2, 0.25) is 0 Å². The molecule has 0 radical (unpaired) electrons. The highest BCUT2D eigenvalue weighted by atomic mass is 16.5. The first-order valence-electron chi connectivity index (χ1n) is 7.73. The SMILES string of the molecule is CCC(C)(C)CCOC(=O)c1ccc(C(=O)OC(C)C)cc1. The summed E-state index contributed by atoms with van der Waals surface area (Å²) in [5.74, 6) is -0.754. The molecule has 0 atom stereocenters. The topological polar surface area (TPSA) is 52.6 Å². The van der Waals surface area contributed by atoms with Gasteiger partial charge in [-0.2, -0.15) is 0 Å². The molecule has 0 bridgehead atoms. The van der Waals surface area contributed by atoms with E-state index < -0.39 is 0 Å². The van der Waals surface area contributed by atoms with Crippen molar-refractivity contribution in [1.82, 2.24) is 0 Å². The minimum absolute atomic E-state index is 0.168.